The number of carbonyl (C=O) groups is 1. The van der Waals surface area contributed by atoms with Gasteiger partial charge in [0.2, 0.25) is 5.89 Å². The van der Waals surface area contributed by atoms with E-state index in [-0.39, 0.29) is 24.8 Å². The van der Waals surface area contributed by atoms with Gasteiger partial charge in [0.05, 0.1) is 21.3 Å². The zero-order valence-electron chi connectivity index (χ0n) is 14.2. The lowest BCUT2D eigenvalue weighted by Gasteiger charge is -2.16. The molecule has 7 nitrogen and oxygen atoms in total. The number of amides is 1. The number of hydrogen-bond acceptors (Lipinski definition) is 7. The minimum Gasteiger partial charge on any atom is -0.484 e. The van der Waals surface area contributed by atoms with Crippen molar-refractivity contribution >= 4 is 27.5 Å². The summed E-state index contributed by atoms with van der Waals surface area (Å²) >= 11 is 1.63. The highest BCUT2D eigenvalue weighted by Gasteiger charge is 2.18. The molecule has 0 aliphatic carbocycles. The lowest BCUT2D eigenvalue weighted by atomic mass is 10.3. The van der Waals surface area contributed by atoms with Crippen LogP contribution in [0.4, 0.5) is 0 Å². The number of aliphatic hydroxyl groups is 1. The number of hydrogen-bond donors (Lipinski definition) is 1. The van der Waals surface area contributed by atoms with Crippen LogP contribution in [-0.4, -0.2) is 45.6 Å². The van der Waals surface area contributed by atoms with Crippen LogP contribution in [0.15, 0.2) is 28.9 Å². The van der Waals surface area contributed by atoms with Crippen LogP contribution in [0.2, 0.25) is 0 Å². The lowest BCUT2D eigenvalue weighted by Crippen LogP contribution is -2.33. The summed E-state index contributed by atoms with van der Waals surface area (Å²) in [7, 11) is 1.60. The number of ether oxygens (including phenoxy) is 1. The molecule has 1 aromatic carbocycles. The molecule has 0 unspecified atom stereocenters. The van der Waals surface area contributed by atoms with Gasteiger partial charge in [-0.1, -0.05) is 0 Å². The summed E-state index contributed by atoms with van der Waals surface area (Å²) in [6.45, 7) is 3.92. The molecule has 0 aliphatic heterocycles. The zero-order chi connectivity index (χ0) is 18.0. The third-order valence-electron chi connectivity index (χ3n) is 3.48. The highest BCUT2D eigenvalue weighted by molar-refractivity contribution is 7.18. The first-order valence-electron chi connectivity index (χ1n) is 7.80. The molecule has 132 valence electrons. The van der Waals surface area contributed by atoms with Crippen molar-refractivity contribution in [3.8, 4) is 5.75 Å². The fourth-order valence-electron chi connectivity index (χ4n) is 2.41. The van der Waals surface area contributed by atoms with Crippen LogP contribution >= 0.6 is 11.3 Å². The van der Waals surface area contributed by atoms with Crippen LogP contribution in [0, 0.1) is 6.92 Å². The Balaban J connectivity index is 1.63. The van der Waals surface area contributed by atoms with E-state index in [1.807, 2.05) is 25.1 Å². The van der Waals surface area contributed by atoms with E-state index < -0.39 is 6.10 Å². The van der Waals surface area contributed by atoms with Gasteiger partial charge in [0.15, 0.2) is 12.3 Å². The number of aryl methyl sites for hydroxylation is 1. The second-order valence-electron chi connectivity index (χ2n) is 5.81. The maximum absolute atomic E-state index is 12.2. The van der Waals surface area contributed by atoms with Gasteiger partial charge in [-0.15, -0.1) is 11.3 Å². The standard InChI is InChI=1S/C17H19N3O4S/c1-10(21)7-20(3)17(22)14-8-24-16(19-14)9-23-12-4-5-15-13(6-12)18-11(2)25-15/h4-6,8,10,21H,7,9H2,1-3H3/t10-/m1/s1. The van der Waals surface area contributed by atoms with E-state index in [1.165, 1.54) is 11.2 Å². The molecule has 0 aliphatic rings. The van der Waals surface area contributed by atoms with E-state index in [4.69, 9.17) is 9.15 Å². The van der Waals surface area contributed by atoms with E-state index in [0.29, 0.717) is 11.6 Å². The van der Waals surface area contributed by atoms with Gasteiger partial charge in [-0.3, -0.25) is 4.79 Å². The monoisotopic (exact) mass is 361 g/mol. The van der Waals surface area contributed by atoms with Gasteiger partial charge in [-0.05, 0) is 26.0 Å². The molecular formula is C17H19N3O4S. The van der Waals surface area contributed by atoms with Crippen molar-refractivity contribution in [2.45, 2.75) is 26.6 Å². The van der Waals surface area contributed by atoms with Crippen LogP contribution in [0.5, 0.6) is 5.75 Å². The fraction of sp³-hybridized carbons (Fsp3) is 0.353. The van der Waals surface area contributed by atoms with E-state index >= 15 is 0 Å². The molecule has 1 amide bonds. The molecule has 0 bridgehead atoms. The summed E-state index contributed by atoms with van der Waals surface area (Å²) in [5.74, 6) is 0.661. The number of aliphatic hydroxyl groups excluding tert-OH is 1. The molecule has 2 heterocycles. The molecule has 0 fully saturated rings. The smallest absolute Gasteiger partial charge is 0.275 e. The Labute approximate surface area is 148 Å². The molecule has 2 aromatic heterocycles. The third kappa shape index (κ3) is 4.15. The molecule has 0 saturated carbocycles. The van der Waals surface area contributed by atoms with E-state index in [1.54, 1.807) is 25.3 Å². The number of nitrogens with zero attached hydrogens (tertiary/aromatic N) is 3. The number of rotatable bonds is 6. The second kappa shape index (κ2) is 7.20. The number of carbonyl (C=O) groups excluding carboxylic acids is 1. The maximum Gasteiger partial charge on any atom is 0.275 e. The van der Waals surface area contributed by atoms with E-state index in [2.05, 4.69) is 9.97 Å². The quantitative estimate of drug-likeness (QED) is 0.726. The van der Waals surface area contributed by atoms with Crippen LogP contribution in [0.1, 0.15) is 28.3 Å². The zero-order valence-corrected chi connectivity index (χ0v) is 15.0. The first kappa shape index (κ1) is 17.4. The Hall–Kier alpha value is -2.45. The summed E-state index contributed by atoms with van der Waals surface area (Å²) < 4.78 is 12.1. The van der Waals surface area contributed by atoms with Gasteiger partial charge >= 0.3 is 0 Å². The van der Waals surface area contributed by atoms with Crippen molar-refractivity contribution in [2.75, 3.05) is 13.6 Å². The largest absolute Gasteiger partial charge is 0.484 e. The summed E-state index contributed by atoms with van der Waals surface area (Å²) in [6.07, 6.45) is 0.694. The minimum absolute atomic E-state index is 0.113. The average Bonchev–Trinajstić information content (AvgIpc) is 3.16. The van der Waals surface area contributed by atoms with Gasteiger partial charge in [-0.2, -0.15) is 0 Å². The van der Waals surface area contributed by atoms with Gasteiger partial charge in [0, 0.05) is 19.7 Å². The Morgan fingerprint density at radius 1 is 1.44 bits per heavy atom. The maximum atomic E-state index is 12.2. The van der Waals surface area contributed by atoms with Crippen molar-refractivity contribution < 1.29 is 19.1 Å². The summed E-state index contributed by atoms with van der Waals surface area (Å²) in [5, 5.41) is 10.4. The molecule has 0 saturated heterocycles. The van der Waals surface area contributed by atoms with Gasteiger partial charge in [-0.25, -0.2) is 9.97 Å². The number of likely N-dealkylation sites (N-methyl/N-ethyl adjacent to an activating group) is 1. The molecule has 1 N–H and O–H groups in total. The predicted molar refractivity (Wildman–Crippen MR) is 93.8 cm³/mol. The minimum atomic E-state index is -0.604. The van der Waals surface area contributed by atoms with Crippen molar-refractivity contribution in [3.05, 3.63) is 41.1 Å². The number of benzene rings is 1. The Bertz CT molecular complexity index is 887. The molecular weight excluding hydrogens is 342 g/mol. The number of aromatic nitrogens is 2. The summed E-state index contributed by atoms with van der Waals surface area (Å²) in [5.41, 5.74) is 1.08. The molecule has 8 heteroatoms. The second-order valence-corrected chi connectivity index (χ2v) is 7.05. The van der Waals surface area contributed by atoms with Crippen molar-refractivity contribution in [2.24, 2.45) is 0 Å². The average molecular weight is 361 g/mol. The third-order valence-corrected chi connectivity index (χ3v) is 4.44. The Kier molecular flexibility index (Phi) is 5.00. The topological polar surface area (TPSA) is 88.7 Å². The van der Waals surface area contributed by atoms with Gasteiger partial charge in [0.25, 0.3) is 5.91 Å². The highest BCUT2D eigenvalue weighted by Crippen LogP contribution is 2.26. The van der Waals surface area contributed by atoms with E-state index in [9.17, 15) is 9.90 Å². The summed E-state index contributed by atoms with van der Waals surface area (Å²) in [4.78, 5) is 22.1. The van der Waals surface area contributed by atoms with Gasteiger partial charge < -0.3 is 19.2 Å². The lowest BCUT2D eigenvalue weighted by molar-refractivity contribution is 0.0698. The Morgan fingerprint density at radius 2 is 2.24 bits per heavy atom. The normalized spacial score (nSPS) is 12.3. The molecule has 1 atom stereocenters. The highest BCUT2D eigenvalue weighted by atomic mass is 32.1. The van der Waals surface area contributed by atoms with Gasteiger partial charge in [0.1, 0.15) is 12.0 Å². The predicted octanol–water partition coefficient (Wildman–Crippen LogP) is 2.62. The molecule has 0 radical (unpaired) electrons. The fourth-order valence-corrected chi connectivity index (χ4v) is 3.21. The van der Waals surface area contributed by atoms with Crippen molar-refractivity contribution in [3.63, 3.8) is 0 Å². The van der Waals surface area contributed by atoms with Crippen LogP contribution in [0.25, 0.3) is 10.2 Å². The Morgan fingerprint density at radius 3 is 3.00 bits per heavy atom. The molecule has 25 heavy (non-hydrogen) atoms. The summed E-state index contributed by atoms with van der Waals surface area (Å²) in [6, 6.07) is 5.69. The SMILES string of the molecule is Cc1nc2cc(OCc3nc(C(=O)N(C)C[C@@H](C)O)co3)ccc2s1. The van der Waals surface area contributed by atoms with Crippen LogP contribution in [-0.2, 0) is 6.61 Å². The van der Waals surface area contributed by atoms with Crippen molar-refractivity contribution in [1.29, 1.82) is 0 Å². The molecule has 0 spiro atoms. The number of oxazole rings is 1. The first-order valence-corrected chi connectivity index (χ1v) is 8.62. The van der Waals surface area contributed by atoms with E-state index in [0.717, 1.165) is 15.2 Å². The molecule has 3 aromatic rings. The van der Waals surface area contributed by atoms with Crippen LogP contribution in [0.3, 0.4) is 0 Å². The number of thiazole rings is 1. The van der Waals surface area contributed by atoms with Crippen LogP contribution < -0.4 is 4.74 Å². The first-order chi connectivity index (χ1) is 11.9. The number of fused-ring (bicyclic) bond motifs is 1. The molecule has 3 rings (SSSR count). The van der Waals surface area contributed by atoms with Crippen molar-refractivity contribution in [1.82, 2.24) is 14.9 Å².